The van der Waals surface area contributed by atoms with Crippen LogP contribution < -0.4 is 4.74 Å². The summed E-state index contributed by atoms with van der Waals surface area (Å²) in [5.74, 6) is 0.927. The highest BCUT2D eigenvalue weighted by atomic mass is 16.8. The summed E-state index contributed by atoms with van der Waals surface area (Å²) in [6.07, 6.45) is 12.9. The van der Waals surface area contributed by atoms with Crippen molar-refractivity contribution in [2.45, 2.75) is 170 Å². The topological polar surface area (TPSA) is 104 Å². The zero-order valence-corrected chi connectivity index (χ0v) is 32.9. The smallest absolute Gasteiger partial charge is 0.378 e. The Bertz CT molecular complexity index is 1330. The SMILES string of the molecule is Cc1c(C)c(OC[C@@H](O)COC2=C(O)C(=O)O[C@@H]2[C@@H]2COC(C)(C)O2)c(C)c2c1CC(C)(CCCC(C)CCCC(C)CCCC(C)C)CC2. The summed E-state index contributed by atoms with van der Waals surface area (Å²) >= 11 is 0. The molecule has 0 saturated carbocycles. The number of carbonyl (C=O) groups excluding carboxylic acids is 1. The first-order valence-corrected chi connectivity index (χ1v) is 19.5. The number of hydrogen-bond donors (Lipinski definition) is 2. The highest BCUT2D eigenvalue weighted by Crippen LogP contribution is 2.45. The van der Waals surface area contributed by atoms with E-state index in [1.807, 2.05) is 0 Å². The normalized spacial score (nSPS) is 25.1. The molecule has 50 heavy (non-hydrogen) atoms. The Hall–Kier alpha value is -2.29. The van der Waals surface area contributed by atoms with E-state index >= 15 is 0 Å². The second-order valence-electron chi connectivity index (χ2n) is 17.2. The van der Waals surface area contributed by atoms with Gasteiger partial charge in [0.25, 0.3) is 0 Å². The molecular weight excluding hydrogens is 632 g/mol. The largest absolute Gasteiger partial charge is 0.499 e. The van der Waals surface area contributed by atoms with Gasteiger partial charge in [-0.1, -0.05) is 86.0 Å². The molecule has 0 radical (unpaired) electrons. The van der Waals surface area contributed by atoms with E-state index in [0.717, 1.165) is 47.5 Å². The standard InChI is InChI=1S/C42H68O8/c1-26(2)14-11-15-27(3)16-12-17-28(4)18-13-20-42(10)21-19-33-31(7)37(30(6)29(5)34(33)22-42)46-23-32(43)24-47-39-36(44)40(45)49-38(39)35-25-48-41(8,9)50-35/h26-28,32,35,38,43-44H,11-25H2,1-10H3/t27?,28?,32-,35+,38-,42?/m1/s1. The number of benzene rings is 1. The third-order valence-electron chi connectivity index (χ3n) is 11.6. The maximum absolute atomic E-state index is 12.1. The van der Waals surface area contributed by atoms with Crippen molar-refractivity contribution in [1.82, 2.24) is 0 Å². The molecule has 1 saturated heterocycles. The van der Waals surface area contributed by atoms with Crippen molar-refractivity contribution in [3.05, 3.63) is 39.3 Å². The number of fused-ring (bicyclic) bond motifs is 1. The first-order valence-electron chi connectivity index (χ1n) is 19.5. The van der Waals surface area contributed by atoms with Crippen LogP contribution in [-0.2, 0) is 36.6 Å². The van der Waals surface area contributed by atoms with Crippen LogP contribution >= 0.6 is 0 Å². The molecule has 3 aliphatic rings. The summed E-state index contributed by atoms with van der Waals surface area (Å²) in [5.41, 5.74) is 6.73. The van der Waals surface area contributed by atoms with Crippen LogP contribution in [0.25, 0.3) is 0 Å². The molecule has 4 rings (SSSR count). The van der Waals surface area contributed by atoms with Gasteiger partial charge in [-0.2, -0.15) is 0 Å². The van der Waals surface area contributed by atoms with E-state index in [9.17, 15) is 15.0 Å². The molecule has 284 valence electrons. The summed E-state index contributed by atoms with van der Waals surface area (Å²) in [7, 11) is 0. The van der Waals surface area contributed by atoms with Gasteiger partial charge in [-0.05, 0) is 111 Å². The minimum Gasteiger partial charge on any atom is -0.499 e. The van der Waals surface area contributed by atoms with Crippen molar-refractivity contribution in [1.29, 1.82) is 0 Å². The molecule has 0 spiro atoms. The Labute approximate surface area is 302 Å². The first-order chi connectivity index (χ1) is 23.5. The monoisotopic (exact) mass is 700 g/mol. The fraction of sp³-hybridized carbons (Fsp3) is 0.786. The zero-order valence-electron chi connectivity index (χ0n) is 32.9. The van der Waals surface area contributed by atoms with Crippen molar-refractivity contribution >= 4 is 5.97 Å². The molecular formula is C42H68O8. The molecule has 0 amide bonds. The molecule has 0 aromatic heterocycles. The lowest BCUT2D eigenvalue weighted by atomic mass is 9.67. The fourth-order valence-corrected chi connectivity index (χ4v) is 8.21. The second kappa shape index (κ2) is 17.5. The molecule has 1 aromatic carbocycles. The lowest BCUT2D eigenvalue weighted by Gasteiger charge is -2.38. The number of cyclic esters (lactones) is 1. The molecule has 2 aliphatic heterocycles. The van der Waals surface area contributed by atoms with Gasteiger partial charge in [0.05, 0.1) is 6.61 Å². The van der Waals surface area contributed by atoms with Crippen molar-refractivity contribution in [2.24, 2.45) is 23.2 Å². The van der Waals surface area contributed by atoms with E-state index in [4.69, 9.17) is 23.7 Å². The van der Waals surface area contributed by atoms with E-state index < -0.39 is 35.8 Å². The molecule has 8 nitrogen and oxygen atoms in total. The Morgan fingerprint density at radius 1 is 0.840 bits per heavy atom. The van der Waals surface area contributed by atoms with Gasteiger partial charge in [-0.25, -0.2) is 4.79 Å². The average molecular weight is 701 g/mol. The summed E-state index contributed by atoms with van der Waals surface area (Å²) < 4.78 is 28.7. The van der Waals surface area contributed by atoms with Gasteiger partial charge in [0.2, 0.25) is 5.76 Å². The third-order valence-corrected chi connectivity index (χ3v) is 11.6. The van der Waals surface area contributed by atoms with Gasteiger partial charge in [-0.15, -0.1) is 0 Å². The van der Waals surface area contributed by atoms with Crippen LogP contribution in [0.15, 0.2) is 11.5 Å². The van der Waals surface area contributed by atoms with Gasteiger partial charge in [0, 0.05) is 0 Å². The van der Waals surface area contributed by atoms with Gasteiger partial charge in [0.1, 0.15) is 31.2 Å². The number of rotatable bonds is 19. The van der Waals surface area contributed by atoms with Crippen LogP contribution in [0.1, 0.15) is 140 Å². The quantitative estimate of drug-likeness (QED) is 0.138. The van der Waals surface area contributed by atoms with E-state index in [1.165, 1.54) is 80.9 Å². The van der Waals surface area contributed by atoms with Gasteiger partial charge in [0.15, 0.2) is 17.7 Å². The number of aliphatic hydroxyl groups is 2. The van der Waals surface area contributed by atoms with E-state index in [2.05, 4.69) is 55.4 Å². The molecule has 1 aromatic rings. The van der Waals surface area contributed by atoms with Gasteiger partial charge < -0.3 is 33.9 Å². The fourth-order valence-electron chi connectivity index (χ4n) is 8.21. The molecule has 3 unspecified atom stereocenters. The van der Waals surface area contributed by atoms with Crippen LogP contribution in [0, 0.1) is 43.9 Å². The minimum absolute atomic E-state index is 0.0104. The Balaban J connectivity index is 1.25. The van der Waals surface area contributed by atoms with Crippen LogP contribution in [0.3, 0.4) is 0 Å². The predicted molar refractivity (Wildman–Crippen MR) is 197 cm³/mol. The molecule has 8 heteroatoms. The van der Waals surface area contributed by atoms with Crippen LogP contribution in [-0.4, -0.2) is 60.1 Å². The van der Waals surface area contributed by atoms with Crippen LogP contribution in [0.2, 0.25) is 0 Å². The second-order valence-corrected chi connectivity index (χ2v) is 17.2. The summed E-state index contributed by atoms with van der Waals surface area (Å²) in [5, 5.41) is 21.1. The zero-order chi connectivity index (χ0) is 36.8. The number of carbonyl (C=O) groups is 1. The highest BCUT2D eigenvalue weighted by Gasteiger charge is 2.47. The molecule has 1 aliphatic carbocycles. The Morgan fingerprint density at radius 2 is 1.46 bits per heavy atom. The molecule has 0 bridgehead atoms. The summed E-state index contributed by atoms with van der Waals surface area (Å²) in [4.78, 5) is 12.1. The Morgan fingerprint density at radius 3 is 2.08 bits per heavy atom. The van der Waals surface area contributed by atoms with E-state index in [1.54, 1.807) is 13.8 Å². The molecule has 1 fully saturated rings. The van der Waals surface area contributed by atoms with Gasteiger partial charge in [-0.3, -0.25) is 0 Å². The van der Waals surface area contributed by atoms with Crippen molar-refractivity contribution in [2.75, 3.05) is 19.8 Å². The summed E-state index contributed by atoms with van der Waals surface area (Å²) in [6, 6.07) is 0. The van der Waals surface area contributed by atoms with Crippen molar-refractivity contribution < 1.29 is 38.7 Å². The number of esters is 1. The first kappa shape index (κ1) is 40.5. The number of ether oxygens (including phenoxy) is 5. The lowest BCUT2D eigenvalue weighted by Crippen LogP contribution is -2.34. The van der Waals surface area contributed by atoms with E-state index in [-0.39, 0.29) is 25.6 Å². The summed E-state index contributed by atoms with van der Waals surface area (Å²) in [6.45, 7) is 22.0. The maximum Gasteiger partial charge on any atom is 0.378 e. The molecule has 6 atom stereocenters. The predicted octanol–water partition coefficient (Wildman–Crippen LogP) is 9.15. The van der Waals surface area contributed by atoms with Crippen molar-refractivity contribution in [3.8, 4) is 5.75 Å². The average Bonchev–Trinajstić information content (AvgIpc) is 3.55. The number of aliphatic hydroxyl groups excluding tert-OH is 2. The molecule has 2 heterocycles. The highest BCUT2D eigenvalue weighted by molar-refractivity contribution is 5.89. The Kier molecular flexibility index (Phi) is 14.2. The van der Waals surface area contributed by atoms with Crippen molar-refractivity contribution in [3.63, 3.8) is 0 Å². The number of hydrogen-bond acceptors (Lipinski definition) is 8. The van der Waals surface area contributed by atoms with Crippen LogP contribution in [0.4, 0.5) is 0 Å². The van der Waals surface area contributed by atoms with Crippen LogP contribution in [0.5, 0.6) is 5.75 Å². The van der Waals surface area contributed by atoms with E-state index in [0.29, 0.717) is 5.41 Å². The third kappa shape index (κ3) is 10.6. The molecule has 2 N–H and O–H groups in total. The minimum atomic E-state index is -0.997. The maximum atomic E-state index is 12.1. The lowest BCUT2D eigenvalue weighted by molar-refractivity contribution is -0.163. The van der Waals surface area contributed by atoms with Gasteiger partial charge >= 0.3 is 5.97 Å².